The van der Waals surface area contributed by atoms with E-state index in [1.165, 1.54) is 0 Å². The fourth-order valence-corrected chi connectivity index (χ4v) is 5.97. The van der Waals surface area contributed by atoms with Crippen molar-refractivity contribution in [2.24, 2.45) is 0 Å². The molecule has 22 heteroatoms. The lowest BCUT2D eigenvalue weighted by atomic mass is 10.1. The summed E-state index contributed by atoms with van der Waals surface area (Å²) in [5.41, 5.74) is -19.3. The lowest BCUT2D eigenvalue weighted by Gasteiger charge is -2.28. The summed E-state index contributed by atoms with van der Waals surface area (Å²) in [5, 5.41) is -0.169. The Morgan fingerprint density at radius 3 is 1.44 bits per heavy atom. The van der Waals surface area contributed by atoms with Gasteiger partial charge >= 0.3 is 46.7 Å². The molecule has 0 spiro atoms. The molecule has 1 fully saturated rings. The van der Waals surface area contributed by atoms with Crippen LogP contribution in [0.25, 0.3) is 0 Å². The third-order valence-corrected chi connectivity index (χ3v) is 9.26. The molecule has 1 saturated heterocycles. The van der Waals surface area contributed by atoms with Crippen LogP contribution in [0.2, 0.25) is 5.02 Å². The molecule has 0 aromatic heterocycles. The van der Waals surface area contributed by atoms with Gasteiger partial charge in [-0.25, -0.2) is 0 Å². The molecule has 0 bridgehead atoms. The monoisotopic (exact) mass is 668 g/mol. The van der Waals surface area contributed by atoms with Crippen molar-refractivity contribution in [1.82, 2.24) is 4.90 Å². The summed E-state index contributed by atoms with van der Waals surface area (Å²) >= 11 is 5.36. The van der Waals surface area contributed by atoms with Crippen LogP contribution >= 0.6 is 11.6 Å². The highest BCUT2D eigenvalue weighted by Crippen LogP contribution is 2.38. The molecule has 230 valence electrons. The number of rotatable bonds is 5. The van der Waals surface area contributed by atoms with Gasteiger partial charge in [0.05, 0.1) is 11.8 Å². The van der Waals surface area contributed by atoms with E-state index >= 15 is 0 Å². The molecule has 0 N–H and O–H groups in total. The van der Waals surface area contributed by atoms with Crippen molar-refractivity contribution in [2.45, 2.75) is 49.3 Å². The summed E-state index contributed by atoms with van der Waals surface area (Å²) < 4.78 is 179. The summed E-state index contributed by atoms with van der Waals surface area (Å²) in [6, 6.07) is 2.22. The second-order valence-electron chi connectivity index (χ2n) is 7.07. The smallest absolute Gasteiger partial charge is 0.306 e. The first-order chi connectivity index (χ1) is 17.3. The summed E-state index contributed by atoms with van der Waals surface area (Å²) in [5.74, 6) is 0. The average Bonchev–Trinajstić information content (AvgIpc) is 2.76. The van der Waals surface area contributed by atoms with Crippen molar-refractivity contribution in [3.63, 3.8) is 0 Å². The number of sulfonamides is 2. The van der Waals surface area contributed by atoms with Crippen molar-refractivity contribution in [3.8, 4) is 0 Å². The Balaban J connectivity index is 0.000000740. The highest BCUT2D eigenvalue weighted by atomic mass is 35.5. The molecular weight excluding hydrogens is 647 g/mol. The Morgan fingerprint density at radius 2 is 1.13 bits per heavy atom. The van der Waals surface area contributed by atoms with E-state index in [2.05, 4.69) is 4.18 Å². The number of hydrogen-bond donors (Lipinski definition) is 0. The van der Waals surface area contributed by atoms with E-state index in [1.807, 2.05) is 25.8 Å². The highest BCUT2D eigenvalue weighted by Gasteiger charge is 2.61. The molecule has 1 aromatic carbocycles. The first-order valence-corrected chi connectivity index (χ1v) is 14.9. The third-order valence-electron chi connectivity index (χ3n) is 4.27. The van der Waals surface area contributed by atoms with Crippen LogP contribution in [0.15, 0.2) is 24.3 Å². The summed E-state index contributed by atoms with van der Waals surface area (Å²) in [6.07, 6.45) is -0.259. The maximum atomic E-state index is 12.5. The topological polar surface area (TPSA) is 118 Å². The zero-order chi connectivity index (χ0) is 31.3. The van der Waals surface area contributed by atoms with E-state index in [-0.39, 0.29) is 5.02 Å². The van der Waals surface area contributed by atoms with Crippen LogP contribution in [0.5, 0.6) is 0 Å². The molecule has 1 heterocycles. The molecular formula is C17H22ClF9N2O7S3. The molecule has 1 aromatic rings. The molecule has 0 radical (unpaired) electrons. The van der Waals surface area contributed by atoms with Gasteiger partial charge in [-0.2, -0.15) is 64.8 Å². The second kappa shape index (κ2) is 13.4. The molecule has 0 atom stereocenters. The van der Waals surface area contributed by atoms with Gasteiger partial charge in [-0.3, -0.25) is 4.18 Å². The molecule has 0 saturated carbocycles. The number of anilines is 1. The number of likely N-dealkylation sites (tertiary alicyclic amines) is 1. The lowest BCUT2D eigenvalue weighted by molar-refractivity contribution is -0.0592. The van der Waals surface area contributed by atoms with Gasteiger partial charge in [0.1, 0.15) is 0 Å². The van der Waals surface area contributed by atoms with Gasteiger partial charge in [0.2, 0.25) is 0 Å². The van der Waals surface area contributed by atoms with Gasteiger partial charge < -0.3 is 4.90 Å². The highest BCUT2D eigenvalue weighted by molar-refractivity contribution is 8.11. The number of alkyl halides is 9. The standard InChI is InChI=1S/C8H4ClF6NO4S2.C7H12F3NO3S.C2H6/c9-5-1-3-6(4-2-5)16(21(17,18)7(10,11)12)22(19,20)8(13,14)15;1-11-4-2-6(3-5-11)14-15(12,13)7(8,9)10;1-2/h1-4H;6H,2-5H2,1H3;1-2H3. The van der Waals surface area contributed by atoms with Crippen LogP contribution in [0.1, 0.15) is 26.7 Å². The van der Waals surface area contributed by atoms with Crippen LogP contribution < -0.4 is 3.71 Å². The minimum atomic E-state index is -6.86. The van der Waals surface area contributed by atoms with E-state index < -0.39 is 62.2 Å². The normalized spacial score (nSPS) is 16.4. The summed E-state index contributed by atoms with van der Waals surface area (Å²) in [6.45, 7) is 5.08. The zero-order valence-electron chi connectivity index (χ0n) is 20.0. The van der Waals surface area contributed by atoms with Crippen LogP contribution in [-0.4, -0.2) is 72.9 Å². The molecule has 0 amide bonds. The largest absolute Gasteiger partial charge is 0.523 e. The van der Waals surface area contributed by atoms with Gasteiger partial charge in [0, 0.05) is 18.1 Å². The minimum absolute atomic E-state index is 0.169. The van der Waals surface area contributed by atoms with Gasteiger partial charge in [0.15, 0.2) is 0 Å². The molecule has 1 aliphatic heterocycles. The van der Waals surface area contributed by atoms with Crippen molar-refractivity contribution < 1.29 is 69.0 Å². The van der Waals surface area contributed by atoms with Crippen molar-refractivity contribution in [1.29, 1.82) is 0 Å². The number of benzene rings is 1. The predicted molar refractivity (Wildman–Crippen MR) is 122 cm³/mol. The second-order valence-corrected chi connectivity index (χ2v) is 12.9. The molecule has 0 aliphatic carbocycles. The van der Waals surface area contributed by atoms with Crippen LogP contribution in [-0.2, 0) is 34.3 Å². The maximum Gasteiger partial charge on any atom is 0.523 e. The summed E-state index contributed by atoms with van der Waals surface area (Å²) in [7, 11) is -17.3. The number of hydrogen-bond acceptors (Lipinski definition) is 8. The molecule has 0 unspecified atom stereocenters. The lowest BCUT2D eigenvalue weighted by Crippen LogP contribution is -2.49. The maximum absolute atomic E-state index is 12.5. The quantitative estimate of drug-likeness (QED) is 0.249. The SMILES string of the molecule is CC.CN1CCC(OS(=O)(=O)C(F)(F)F)CC1.O=S(=O)(N(c1ccc(Cl)cc1)S(=O)(=O)C(F)(F)F)C(F)(F)F. The third kappa shape index (κ3) is 9.80. The Kier molecular flexibility index (Phi) is 12.9. The molecule has 2 rings (SSSR count). The van der Waals surface area contributed by atoms with E-state index in [1.54, 1.807) is 0 Å². The first kappa shape index (κ1) is 37.5. The van der Waals surface area contributed by atoms with E-state index in [0.29, 0.717) is 38.1 Å². The average molecular weight is 669 g/mol. The van der Waals surface area contributed by atoms with Gasteiger partial charge in [-0.1, -0.05) is 25.4 Å². The molecule has 39 heavy (non-hydrogen) atoms. The summed E-state index contributed by atoms with van der Waals surface area (Å²) in [4.78, 5) is 1.90. The Hall–Kier alpha value is -1.55. The van der Waals surface area contributed by atoms with E-state index in [4.69, 9.17) is 11.6 Å². The predicted octanol–water partition coefficient (Wildman–Crippen LogP) is 4.82. The van der Waals surface area contributed by atoms with Crippen LogP contribution in [0.3, 0.4) is 0 Å². The van der Waals surface area contributed by atoms with Crippen LogP contribution in [0.4, 0.5) is 45.2 Å². The fourth-order valence-electron chi connectivity index (χ4n) is 2.47. The van der Waals surface area contributed by atoms with Gasteiger partial charge in [0.25, 0.3) is 0 Å². The Labute approximate surface area is 223 Å². The Morgan fingerprint density at radius 1 is 0.769 bits per heavy atom. The van der Waals surface area contributed by atoms with E-state index in [0.717, 1.165) is 12.1 Å². The van der Waals surface area contributed by atoms with Crippen molar-refractivity contribution in [2.75, 3.05) is 23.8 Å². The number of piperidine rings is 1. The van der Waals surface area contributed by atoms with E-state index in [9.17, 15) is 64.8 Å². The number of halogens is 10. The van der Waals surface area contributed by atoms with Crippen molar-refractivity contribution in [3.05, 3.63) is 29.3 Å². The molecule has 1 aliphatic rings. The van der Waals surface area contributed by atoms with Gasteiger partial charge in [-0.05, 0) is 44.2 Å². The Bertz CT molecular complexity index is 1200. The van der Waals surface area contributed by atoms with Crippen molar-refractivity contribution >= 4 is 47.5 Å². The number of nitrogens with zero attached hydrogens (tertiary/aromatic N) is 2. The first-order valence-electron chi connectivity index (χ1n) is 10.2. The van der Waals surface area contributed by atoms with Gasteiger partial charge in [-0.15, -0.1) is 3.71 Å². The molecule has 9 nitrogen and oxygen atoms in total. The van der Waals surface area contributed by atoms with Crippen LogP contribution in [0, 0.1) is 0 Å². The fraction of sp³-hybridized carbons (Fsp3) is 0.647. The minimum Gasteiger partial charge on any atom is -0.306 e. The zero-order valence-corrected chi connectivity index (χ0v) is 23.2.